The van der Waals surface area contributed by atoms with E-state index < -0.39 is 38.9 Å². The summed E-state index contributed by atoms with van der Waals surface area (Å²) in [5.74, 6) is -2.12. The van der Waals surface area contributed by atoms with Crippen molar-refractivity contribution in [2.45, 2.75) is 49.0 Å². The molecule has 3 aromatic rings. The number of benzene rings is 2. The third-order valence-corrected chi connectivity index (χ3v) is 9.65. The van der Waals surface area contributed by atoms with E-state index >= 15 is 0 Å². The molecule has 2 aromatic carbocycles. The predicted molar refractivity (Wildman–Crippen MR) is 152 cm³/mol. The van der Waals surface area contributed by atoms with Crippen LogP contribution in [0.1, 0.15) is 35.3 Å². The van der Waals surface area contributed by atoms with Crippen molar-refractivity contribution < 1.29 is 27.9 Å². The highest BCUT2D eigenvalue weighted by atomic mass is 32.2. The van der Waals surface area contributed by atoms with Gasteiger partial charge < -0.3 is 10.4 Å². The Balaban J connectivity index is 1.63. The highest BCUT2D eigenvalue weighted by Gasteiger charge is 2.46. The molecule has 0 aliphatic carbocycles. The molecule has 40 heavy (non-hydrogen) atoms. The SMILES string of the molecule is Cc1ccc(S(=O)(=O)N(C(=O)[C@H]2NC(C)(C)CS2)[C@@H](Cc2ccc(NC(=O)c3cccnc3)cc2)C(=O)O)cc1. The number of aryl methyl sites for hydroxylation is 1. The van der Waals surface area contributed by atoms with Gasteiger partial charge >= 0.3 is 5.97 Å². The summed E-state index contributed by atoms with van der Waals surface area (Å²) in [5, 5.41) is 15.1. The summed E-state index contributed by atoms with van der Waals surface area (Å²) in [5.41, 5.74) is 1.68. The Morgan fingerprint density at radius 2 is 1.80 bits per heavy atom. The third-order valence-electron chi connectivity index (χ3n) is 6.28. The van der Waals surface area contributed by atoms with Gasteiger partial charge in [0.05, 0.1) is 10.5 Å². The molecule has 0 saturated carbocycles. The molecule has 0 unspecified atom stereocenters. The molecular formula is C28H30N4O6S2. The van der Waals surface area contributed by atoms with Gasteiger partial charge in [-0.1, -0.05) is 29.8 Å². The molecule has 0 spiro atoms. The van der Waals surface area contributed by atoms with Crippen LogP contribution < -0.4 is 10.6 Å². The predicted octanol–water partition coefficient (Wildman–Crippen LogP) is 3.30. The van der Waals surface area contributed by atoms with Gasteiger partial charge in [-0.25, -0.2) is 17.5 Å². The molecule has 1 fully saturated rings. The number of pyridine rings is 1. The molecule has 1 aliphatic heterocycles. The number of rotatable bonds is 9. The lowest BCUT2D eigenvalue weighted by Crippen LogP contribution is -2.55. The van der Waals surface area contributed by atoms with Crippen LogP contribution in [0.15, 0.2) is 78.0 Å². The highest BCUT2D eigenvalue weighted by Crippen LogP contribution is 2.31. The third kappa shape index (κ3) is 6.69. The van der Waals surface area contributed by atoms with E-state index in [1.807, 2.05) is 13.8 Å². The maximum atomic E-state index is 13.8. The van der Waals surface area contributed by atoms with Crippen LogP contribution in [0.2, 0.25) is 0 Å². The van der Waals surface area contributed by atoms with E-state index in [9.17, 15) is 27.9 Å². The Labute approximate surface area is 237 Å². The van der Waals surface area contributed by atoms with Crippen molar-refractivity contribution in [2.24, 2.45) is 0 Å². The minimum atomic E-state index is -4.52. The van der Waals surface area contributed by atoms with Crippen LogP contribution in [0.25, 0.3) is 0 Å². The molecular weight excluding hydrogens is 552 g/mol. The average Bonchev–Trinajstić information content (AvgIpc) is 3.29. The Morgan fingerprint density at radius 3 is 2.35 bits per heavy atom. The zero-order valence-electron chi connectivity index (χ0n) is 22.2. The van der Waals surface area contributed by atoms with Crippen LogP contribution in [-0.4, -0.2) is 63.3 Å². The van der Waals surface area contributed by atoms with Crippen LogP contribution in [-0.2, 0) is 26.0 Å². The first kappa shape index (κ1) is 29.2. The molecule has 1 aliphatic rings. The van der Waals surface area contributed by atoms with Crippen molar-refractivity contribution in [1.29, 1.82) is 0 Å². The molecule has 12 heteroatoms. The average molecular weight is 583 g/mol. The van der Waals surface area contributed by atoms with Gasteiger partial charge in [0.25, 0.3) is 21.8 Å². The van der Waals surface area contributed by atoms with Crippen LogP contribution in [0.4, 0.5) is 5.69 Å². The standard InChI is InChI=1S/C28H30N4O6S2/c1-18-6-12-22(13-7-18)40(37,38)32(26(34)25-31-28(2,3)17-39-25)23(27(35)36)15-19-8-10-21(11-9-19)30-24(33)20-5-4-14-29-16-20/h4-14,16,23,25,31H,15,17H2,1-3H3,(H,30,33)(H,35,36)/t23-,25-/m0/s1. The number of nitrogens with one attached hydrogen (secondary N) is 2. The van der Waals surface area contributed by atoms with Crippen molar-refractivity contribution in [2.75, 3.05) is 11.1 Å². The van der Waals surface area contributed by atoms with E-state index in [0.717, 1.165) is 5.56 Å². The second-order valence-corrected chi connectivity index (χ2v) is 13.0. The number of thioether (sulfide) groups is 1. The van der Waals surface area contributed by atoms with E-state index in [2.05, 4.69) is 15.6 Å². The number of aliphatic carboxylic acids is 1. The largest absolute Gasteiger partial charge is 0.480 e. The van der Waals surface area contributed by atoms with Crippen molar-refractivity contribution in [3.8, 4) is 0 Å². The fraction of sp³-hybridized carbons (Fsp3) is 0.286. The number of hydrogen-bond acceptors (Lipinski definition) is 8. The maximum Gasteiger partial charge on any atom is 0.328 e. The number of aromatic nitrogens is 1. The number of amides is 2. The first-order valence-corrected chi connectivity index (χ1v) is 14.9. The number of carbonyl (C=O) groups excluding carboxylic acids is 2. The summed E-state index contributed by atoms with van der Waals surface area (Å²) in [6, 6.07) is 13.8. The van der Waals surface area contributed by atoms with Gasteiger partial charge in [-0.3, -0.25) is 19.9 Å². The topological polar surface area (TPSA) is 146 Å². The normalized spacial score (nSPS) is 17.1. The number of hydrogen-bond donors (Lipinski definition) is 3. The second kappa shape index (κ2) is 11.8. The van der Waals surface area contributed by atoms with Crippen LogP contribution >= 0.6 is 11.8 Å². The Bertz CT molecular complexity index is 1490. The lowest BCUT2D eigenvalue weighted by atomic mass is 10.1. The summed E-state index contributed by atoms with van der Waals surface area (Å²) in [4.78, 5) is 42.4. The van der Waals surface area contributed by atoms with E-state index in [1.54, 1.807) is 61.7 Å². The minimum Gasteiger partial charge on any atom is -0.480 e. The second-order valence-electron chi connectivity index (χ2n) is 10.1. The first-order chi connectivity index (χ1) is 18.9. The summed E-state index contributed by atoms with van der Waals surface area (Å²) >= 11 is 1.24. The van der Waals surface area contributed by atoms with Crippen LogP contribution in [0.3, 0.4) is 0 Å². The molecule has 1 saturated heterocycles. The molecule has 0 bridgehead atoms. The summed E-state index contributed by atoms with van der Waals surface area (Å²) in [7, 11) is -4.52. The smallest absolute Gasteiger partial charge is 0.328 e. The lowest BCUT2D eigenvalue weighted by Gasteiger charge is -2.31. The molecule has 3 N–H and O–H groups in total. The number of carboxylic acid groups (broad SMARTS) is 1. The van der Waals surface area contributed by atoms with E-state index in [0.29, 0.717) is 26.9 Å². The van der Waals surface area contributed by atoms with Crippen molar-refractivity contribution >= 4 is 45.3 Å². The number of anilines is 1. The quantitative estimate of drug-likeness (QED) is 0.346. The highest BCUT2D eigenvalue weighted by molar-refractivity contribution is 8.01. The lowest BCUT2D eigenvalue weighted by molar-refractivity contribution is -0.146. The van der Waals surface area contributed by atoms with Gasteiger partial charge in [-0.2, -0.15) is 0 Å². The number of carboxylic acids is 1. The molecule has 0 radical (unpaired) electrons. The summed E-state index contributed by atoms with van der Waals surface area (Å²) < 4.78 is 28.1. The Hall–Kier alpha value is -3.74. The maximum absolute atomic E-state index is 13.8. The van der Waals surface area contributed by atoms with Gasteiger partial charge in [0.2, 0.25) is 0 Å². The molecule has 2 heterocycles. The number of sulfonamides is 1. The fourth-order valence-electron chi connectivity index (χ4n) is 4.16. The minimum absolute atomic E-state index is 0.173. The molecule has 2 amide bonds. The van der Waals surface area contributed by atoms with Gasteiger partial charge in [0.1, 0.15) is 11.4 Å². The van der Waals surface area contributed by atoms with Crippen molar-refractivity contribution in [3.05, 3.63) is 89.7 Å². The van der Waals surface area contributed by atoms with Crippen molar-refractivity contribution in [1.82, 2.24) is 14.6 Å². The van der Waals surface area contributed by atoms with E-state index in [1.165, 1.54) is 30.1 Å². The number of nitrogens with zero attached hydrogens (tertiary/aromatic N) is 2. The van der Waals surface area contributed by atoms with Crippen LogP contribution in [0, 0.1) is 6.92 Å². The summed E-state index contributed by atoms with van der Waals surface area (Å²) in [6.07, 6.45) is 2.71. The Kier molecular flexibility index (Phi) is 8.62. The number of carbonyl (C=O) groups is 3. The zero-order chi connectivity index (χ0) is 29.1. The first-order valence-electron chi connectivity index (χ1n) is 12.4. The van der Waals surface area contributed by atoms with Crippen LogP contribution in [0.5, 0.6) is 0 Å². The van der Waals surface area contributed by atoms with E-state index in [4.69, 9.17) is 0 Å². The van der Waals surface area contributed by atoms with Gasteiger partial charge in [-0.15, -0.1) is 11.8 Å². The fourth-order valence-corrected chi connectivity index (χ4v) is 7.10. The van der Waals surface area contributed by atoms with E-state index in [-0.39, 0.29) is 17.2 Å². The monoisotopic (exact) mass is 582 g/mol. The molecule has 10 nitrogen and oxygen atoms in total. The van der Waals surface area contributed by atoms with Crippen molar-refractivity contribution in [3.63, 3.8) is 0 Å². The zero-order valence-corrected chi connectivity index (χ0v) is 23.8. The molecule has 210 valence electrons. The molecule has 4 rings (SSSR count). The molecule has 2 atom stereocenters. The summed E-state index contributed by atoms with van der Waals surface area (Å²) in [6.45, 7) is 5.56. The van der Waals surface area contributed by atoms with Gasteiger partial charge in [0.15, 0.2) is 0 Å². The molecule has 1 aromatic heterocycles. The van der Waals surface area contributed by atoms with Gasteiger partial charge in [0, 0.05) is 35.8 Å². The van der Waals surface area contributed by atoms with Gasteiger partial charge in [-0.05, 0) is 62.7 Å². The Morgan fingerprint density at radius 1 is 1.12 bits per heavy atom.